The third-order valence-electron chi connectivity index (χ3n) is 2.36. The third kappa shape index (κ3) is 4.32. The minimum Gasteiger partial charge on any atom is -0.394 e. The minimum absolute atomic E-state index is 0.104. The van der Waals surface area contributed by atoms with Crippen molar-refractivity contribution in [3.05, 3.63) is 0 Å². The van der Waals surface area contributed by atoms with Gasteiger partial charge in [0.2, 0.25) is 0 Å². The number of thiocarbonyl (C=S) groups is 1. The van der Waals surface area contributed by atoms with Crippen LogP contribution in [0.2, 0.25) is 0 Å². The summed E-state index contributed by atoms with van der Waals surface area (Å²) < 4.78 is 5.44. The van der Waals surface area contributed by atoms with Crippen LogP contribution in [0.1, 0.15) is 12.8 Å². The lowest BCUT2D eigenvalue weighted by atomic mass is 10.1. The first-order valence-corrected chi connectivity index (χ1v) is 5.36. The van der Waals surface area contributed by atoms with E-state index >= 15 is 0 Å². The molecule has 1 aliphatic rings. The molecule has 0 saturated carbocycles. The number of rotatable bonds is 5. The molecule has 1 fully saturated rings. The van der Waals surface area contributed by atoms with Gasteiger partial charge in [0.1, 0.15) is 0 Å². The lowest BCUT2D eigenvalue weighted by Gasteiger charge is -2.31. The fourth-order valence-corrected chi connectivity index (χ4v) is 1.86. The summed E-state index contributed by atoms with van der Waals surface area (Å²) in [5.74, 6) is 0. The average Bonchev–Trinajstić information content (AvgIpc) is 2.16. The van der Waals surface area contributed by atoms with Gasteiger partial charge in [-0.15, -0.1) is 0 Å². The molecular formula is C9H18N2O2S. The minimum atomic E-state index is 0.104. The Morgan fingerprint density at radius 3 is 2.64 bits per heavy atom. The molecule has 0 bridgehead atoms. The van der Waals surface area contributed by atoms with Gasteiger partial charge < -0.3 is 15.6 Å². The van der Waals surface area contributed by atoms with Crippen LogP contribution in [-0.4, -0.2) is 53.9 Å². The van der Waals surface area contributed by atoms with Crippen molar-refractivity contribution >= 4 is 17.2 Å². The Labute approximate surface area is 90.0 Å². The molecule has 1 saturated heterocycles. The molecule has 0 spiro atoms. The van der Waals surface area contributed by atoms with Crippen LogP contribution in [0.15, 0.2) is 0 Å². The highest BCUT2D eigenvalue weighted by atomic mass is 32.1. The quantitative estimate of drug-likeness (QED) is 0.623. The topological polar surface area (TPSA) is 58.7 Å². The number of likely N-dealkylation sites (tertiary alicyclic amines) is 1. The number of ether oxygens (including phenoxy) is 1. The Morgan fingerprint density at radius 2 is 2.14 bits per heavy atom. The number of hydrogen-bond donors (Lipinski definition) is 2. The summed E-state index contributed by atoms with van der Waals surface area (Å²) in [5.41, 5.74) is 5.46. The lowest BCUT2D eigenvalue weighted by molar-refractivity contribution is -0.00528. The smallest absolute Gasteiger partial charge is 0.0870 e. The Morgan fingerprint density at radius 1 is 1.50 bits per heavy atom. The zero-order chi connectivity index (χ0) is 10.4. The van der Waals surface area contributed by atoms with Crippen molar-refractivity contribution < 1.29 is 9.84 Å². The number of nitrogens with zero attached hydrogens (tertiary/aromatic N) is 1. The first kappa shape index (κ1) is 11.8. The van der Waals surface area contributed by atoms with E-state index in [0.29, 0.717) is 24.2 Å². The Balaban J connectivity index is 2.14. The largest absolute Gasteiger partial charge is 0.394 e. The maximum atomic E-state index is 8.60. The molecule has 1 heterocycles. The van der Waals surface area contributed by atoms with Crippen molar-refractivity contribution in [3.8, 4) is 0 Å². The van der Waals surface area contributed by atoms with Crippen LogP contribution in [0.25, 0.3) is 0 Å². The second-order valence-corrected chi connectivity index (χ2v) is 4.06. The first-order chi connectivity index (χ1) is 6.72. The zero-order valence-corrected chi connectivity index (χ0v) is 9.13. The molecule has 0 unspecified atom stereocenters. The summed E-state index contributed by atoms with van der Waals surface area (Å²) in [6.45, 7) is 3.22. The second kappa shape index (κ2) is 6.29. The predicted octanol–water partition coefficient (Wildman–Crippen LogP) is -0.254. The van der Waals surface area contributed by atoms with Crippen molar-refractivity contribution in [3.63, 3.8) is 0 Å². The summed E-state index contributed by atoms with van der Waals surface area (Å²) >= 11 is 4.85. The molecule has 0 aliphatic carbocycles. The second-order valence-electron chi connectivity index (χ2n) is 3.54. The Kier molecular flexibility index (Phi) is 5.32. The number of nitrogens with two attached hydrogens (primary N) is 1. The summed E-state index contributed by atoms with van der Waals surface area (Å²) in [4.78, 5) is 2.79. The van der Waals surface area contributed by atoms with Crippen molar-refractivity contribution in [2.24, 2.45) is 5.73 Å². The van der Waals surface area contributed by atoms with Crippen LogP contribution in [0.4, 0.5) is 0 Å². The highest BCUT2D eigenvalue weighted by Gasteiger charge is 2.19. The normalized spacial score (nSPS) is 19.8. The molecule has 0 aromatic rings. The van der Waals surface area contributed by atoms with Gasteiger partial charge >= 0.3 is 0 Å². The average molecular weight is 218 g/mol. The van der Waals surface area contributed by atoms with Crippen LogP contribution in [0.3, 0.4) is 0 Å². The molecule has 0 aromatic carbocycles. The van der Waals surface area contributed by atoms with E-state index in [9.17, 15) is 0 Å². The number of piperidine rings is 1. The highest BCUT2D eigenvalue weighted by Crippen LogP contribution is 2.12. The number of aliphatic hydroxyl groups excluding tert-OH is 1. The molecule has 0 aromatic heterocycles. The first-order valence-electron chi connectivity index (χ1n) is 4.95. The Hall–Kier alpha value is -0.230. The molecule has 1 rings (SSSR count). The molecule has 5 heteroatoms. The maximum absolute atomic E-state index is 8.60. The van der Waals surface area contributed by atoms with Crippen molar-refractivity contribution in [2.75, 3.05) is 32.8 Å². The highest BCUT2D eigenvalue weighted by molar-refractivity contribution is 7.80. The number of aliphatic hydroxyl groups is 1. The fraction of sp³-hybridized carbons (Fsp3) is 0.889. The molecule has 3 N–H and O–H groups in total. The monoisotopic (exact) mass is 218 g/mol. The molecule has 82 valence electrons. The van der Waals surface area contributed by atoms with Gasteiger partial charge in [0, 0.05) is 19.6 Å². The van der Waals surface area contributed by atoms with Gasteiger partial charge in [0.15, 0.2) is 0 Å². The van der Waals surface area contributed by atoms with E-state index in [4.69, 9.17) is 27.8 Å². The molecule has 0 atom stereocenters. The van der Waals surface area contributed by atoms with Gasteiger partial charge in [-0.25, -0.2) is 0 Å². The van der Waals surface area contributed by atoms with E-state index in [-0.39, 0.29) is 6.61 Å². The van der Waals surface area contributed by atoms with Crippen LogP contribution >= 0.6 is 12.2 Å². The van der Waals surface area contributed by atoms with E-state index in [1.165, 1.54) is 0 Å². The van der Waals surface area contributed by atoms with Gasteiger partial charge in [-0.1, -0.05) is 12.2 Å². The molecule has 14 heavy (non-hydrogen) atoms. The summed E-state index contributed by atoms with van der Waals surface area (Å²) in [7, 11) is 0. The van der Waals surface area contributed by atoms with Gasteiger partial charge in [-0.2, -0.15) is 0 Å². The zero-order valence-electron chi connectivity index (χ0n) is 8.32. The predicted molar refractivity (Wildman–Crippen MR) is 59.3 cm³/mol. The van der Waals surface area contributed by atoms with Crippen LogP contribution in [-0.2, 0) is 4.74 Å². The SMILES string of the molecule is NC(=S)CN1CCC(OCCO)CC1. The molecule has 0 radical (unpaired) electrons. The number of hydrogen-bond acceptors (Lipinski definition) is 4. The van der Waals surface area contributed by atoms with E-state index in [1.807, 2.05) is 0 Å². The van der Waals surface area contributed by atoms with Crippen LogP contribution < -0.4 is 5.73 Å². The van der Waals surface area contributed by atoms with Crippen molar-refractivity contribution in [1.29, 1.82) is 0 Å². The fourth-order valence-electron chi connectivity index (χ4n) is 1.67. The third-order valence-corrected chi connectivity index (χ3v) is 2.49. The van der Waals surface area contributed by atoms with Crippen LogP contribution in [0, 0.1) is 0 Å². The molecular weight excluding hydrogens is 200 g/mol. The standard InChI is InChI=1S/C9H18N2O2S/c10-9(14)7-11-3-1-8(2-4-11)13-6-5-12/h8,12H,1-7H2,(H2,10,14). The van der Waals surface area contributed by atoms with Crippen molar-refractivity contribution in [1.82, 2.24) is 4.90 Å². The summed E-state index contributed by atoms with van der Waals surface area (Å²) in [5, 5.41) is 8.60. The molecule has 1 aliphatic heterocycles. The Bertz CT molecular complexity index is 182. The van der Waals surface area contributed by atoms with Crippen molar-refractivity contribution in [2.45, 2.75) is 18.9 Å². The van der Waals surface area contributed by atoms with E-state index in [0.717, 1.165) is 25.9 Å². The lowest BCUT2D eigenvalue weighted by Crippen LogP contribution is -2.41. The summed E-state index contributed by atoms with van der Waals surface area (Å²) in [6, 6.07) is 0. The van der Waals surface area contributed by atoms with E-state index in [2.05, 4.69) is 4.90 Å². The van der Waals surface area contributed by atoms with Gasteiger partial charge in [-0.3, -0.25) is 4.90 Å². The molecule has 0 amide bonds. The summed E-state index contributed by atoms with van der Waals surface area (Å²) in [6.07, 6.45) is 2.30. The van der Waals surface area contributed by atoms with Gasteiger partial charge in [0.05, 0.1) is 24.3 Å². The van der Waals surface area contributed by atoms with Crippen LogP contribution in [0.5, 0.6) is 0 Å². The van der Waals surface area contributed by atoms with E-state index in [1.54, 1.807) is 0 Å². The van der Waals surface area contributed by atoms with Gasteiger partial charge in [0.25, 0.3) is 0 Å². The van der Waals surface area contributed by atoms with E-state index < -0.39 is 0 Å². The van der Waals surface area contributed by atoms with Gasteiger partial charge in [-0.05, 0) is 12.8 Å². The molecule has 4 nitrogen and oxygen atoms in total. The maximum Gasteiger partial charge on any atom is 0.0870 e.